The Morgan fingerprint density at radius 3 is 2.71 bits per heavy atom. The van der Waals surface area contributed by atoms with Gasteiger partial charge in [0.15, 0.2) is 0 Å². The van der Waals surface area contributed by atoms with Gasteiger partial charge in [-0.1, -0.05) is 13.3 Å². The average Bonchev–Trinajstić information content (AvgIpc) is 2.50. The number of rotatable bonds is 5. The SMILES string of the molecule is CCCCN1CCC(Oc2cc(F)c(C#N)cc2C)CC1. The summed E-state index contributed by atoms with van der Waals surface area (Å²) in [7, 11) is 0. The largest absolute Gasteiger partial charge is 0.490 e. The molecule has 3 nitrogen and oxygen atoms in total. The van der Waals surface area contributed by atoms with Crippen LogP contribution in [0.25, 0.3) is 0 Å². The maximum absolute atomic E-state index is 13.7. The van der Waals surface area contributed by atoms with E-state index in [-0.39, 0.29) is 11.7 Å². The highest BCUT2D eigenvalue weighted by Gasteiger charge is 2.21. The van der Waals surface area contributed by atoms with E-state index in [9.17, 15) is 4.39 Å². The molecule has 0 radical (unpaired) electrons. The van der Waals surface area contributed by atoms with Gasteiger partial charge in [-0.05, 0) is 44.4 Å². The van der Waals surface area contributed by atoms with E-state index in [0.717, 1.165) is 38.0 Å². The van der Waals surface area contributed by atoms with Crippen LogP contribution in [0, 0.1) is 24.1 Å². The van der Waals surface area contributed by atoms with E-state index >= 15 is 0 Å². The van der Waals surface area contributed by atoms with Crippen LogP contribution in [0.3, 0.4) is 0 Å². The first-order valence-electron chi connectivity index (χ1n) is 7.73. The average molecular weight is 290 g/mol. The van der Waals surface area contributed by atoms with E-state index in [1.54, 1.807) is 6.07 Å². The number of hydrogen-bond acceptors (Lipinski definition) is 3. The van der Waals surface area contributed by atoms with Gasteiger partial charge in [0.2, 0.25) is 0 Å². The molecule has 0 unspecified atom stereocenters. The van der Waals surface area contributed by atoms with Crippen LogP contribution < -0.4 is 4.74 Å². The van der Waals surface area contributed by atoms with Crippen molar-refractivity contribution in [2.75, 3.05) is 19.6 Å². The van der Waals surface area contributed by atoms with E-state index in [0.29, 0.717) is 5.75 Å². The Kier molecular flexibility index (Phi) is 5.58. The first kappa shape index (κ1) is 15.8. The molecule has 2 rings (SSSR count). The zero-order valence-corrected chi connectivity index (χ0v) is 12.9. The molecule has 0 aromatic heterocycles. The second kappa shape index (κ2) is 7.42. The molecule has 1 aromatic carbocycles. The standard InChI is InChI=1S/C17H23FN2O/c1-3-4-7-20-8-5-15(6-9-20)21-17-11-16(18)14(12-19)10-13(17)2/h10-11,15H,3-9H2,1-2H3. The Morgan fingerprint density at radius 2 is 2.10 bits per heavy atom. The van der Waals surface area contributed by atoms with Crippen molar-refractivity contribution in [1.82, 2.24) is 4.90 Å². The van der Waals surface area contributed by atoms with Crippen LogP contribution in [0.5, 0.6) is 5.75 Å². The van der Waals surface area contributed by atoms with Crippen molar-refractivity contribution in [3.05, 3.63) is 29.1 Å². The molecule has 0 aliphatic carbocycles. The number of halogens is 1. The zero-order chi connectivity index (χ0) is 15.2. The monoisotopic (exact) mass is 290 g/mol. The van der Waals surface area contributed by atoms with Crippen LogP contribution in [0.1, 0.15) is 43.7 Å². The third kappa shape index (κ3) is 4.18. The number of hydrogen-bond donors (Lipinski definition) is 0. The molecule has 1 saturated heterocycles. The first-order chi connectivity index (χ1) is 10.1. The number of aryl methyl sites for hydroxylation is 1. The smallest absolute Gasteiger partial charge is 0.144 e. The van der Waals surface area contributed by atoms with Crippen molar-refractivity contribution in [3.63, 3.8) is 0 Å². The molecule has 4 heteroatoms. The van der Waals surface area contributed by atoms with Crippen LogP contribution in [-0.4, -0.2) is 30.6 Å². The van der Waals surface area contributed by atoms with Gasteiger partial charge in [-0.2, -0.15) is 5.26 Å². The Balaban J connectivity index is 1.92. The molecule has 1 aromatic rings. The molecule has 0 bridgehead atoms. The van der Waals surface area contributed by atoms with E-state index < -0.39 is 5.82 Å². The van der Waals surface area contributed by atoms with E-state index in [1.165, 1.54) is 18.9 Å². The summed E-state index contributed by atoms with van der Waals surface area (Å²) in [6, 6.07) is 4.76. The van der Waals surface area contributed by atoms with Crippen LogP contribution in [0.4, 0.5) is 4.39 Å². The van der Waals surface area contributed by atoms with Crippen molar-refractivity contribution < 1.29 is 9.13 Å². The van der Waals surface area contributed by atoms with Crippen LogP contribution in [0.15, 0.2) is 12.1 Å². The molecule has 1 fully saturated rings. The predicted molar refractivity (Wildman–Crippen MR) is 80.9 cm³/mol. The van der Waals surface area contributed by atoms with Gasteiger partial charge in [-0.15, -0.1) is 0 Å². The highest BCUT2D eigenvalue weighted by atomic mass is 19.1. The molecular weight excluding hydrogens is 267 g/mol. The lowest BCUT2D eigenvalue weighted by atomic mass is 10.1. The molecule has 0 N–H and O–H groups in total. The zero-order valence-electron chi connectivity index (χ0n) is 12.9. The molecule has 114 valence electrons. The summed E-state index contributed by atoms with van der Waals surface area (Å²) < 4.78 is 19.6. The topological polar surface area (TPSA) is 36.3 Å². The second-order valence-electron chi connectivity index (χ2n) is 5.72. The number of nitriles is 1. The quantitative estimate of drug-likeness (QED) is 0.830. The summed E-state index contributed by atoms with van der Waals surface area (Å²) in [6.07, 6.45) is 4.56. The van der Waals surface area contributed by atoms with E-state index in [4.69, 9.17) is 10.00 Å². The van der Waals surface area contributed by atoms with Crippen molar-refractivity contribution in [2.45, 2.75) is 45.6 Å². The summed E-state index contributed by atoms with van der Waals surface area (Å²) >= 11 is 0. The summed E-state index contributed by atoms with van der Waals surface area (Å²) in [5, 5.41) is 8.82. The lowest BCUT2D eigenvalue weighted by molar-refractivity contribution is 0.0990. The molecule has 1 aliphatic rings. The summed E-state index contributed by atoms with van der Waals surface area (Å²) in [5.74, 6) is 0.0667. The second-order valence-corrected chi connectivity index (χ2v) is 5.72. The number of unbranched alkanes of at least 4 members (excludes halogenated alkanes) is 1. The molecular formula is C17H23FN2O. The van der Waals surface area contributed by atoms with E-state index in [1.807, 2.05) is 13.0 Å². The molecule has 0 atom stereocenters. The fourth-order valence-corrected chi connectivity index (χ4v) is 2.69. The van der Waals surface area contributed by atoms with E-state index in [2.05, 4.69) is 11.8 Å². The van der Waals surface area contributed by atoms with Crippen molar-refractivity contribution in [1.29, 1.82) is 5.26 Å². The normalized spacial score (nSPS) is 16.7. The molecule has 0 saturated carbocycles. The van der Waals surface area contributed by atoms with Crippen molar-refractivity contribution in [2.24, 2.45) is 0 Å². The number of likely N-dealkylation sites (tertiary alicyclic amines) is 1. The van der Waals surface area contributed by atoms with Crippen molar-refractivity contribution >= 4 is 0 Å². The molecule has 0 amide bonds. The molecule has 1 aliphatic heterocycles. The van der Waals surface area contributed by atoms with Crippen LogP contribution in [-0.2, 0) is 0 Å². The highest BCUT2D eigenvalue weighted by Crippen LogP contribution is 2.25. The lowest BCUT2D eigenvalue weighted by Gasteiger charge is -2.32. The molecule has 21 heavy (non-hydrogen) atoms. The van der Waals surface area contributed by atoms with Gasteiger partial charge < -0.3 is 9.64 Å². The third-order valence-corrected chi connectivity index (χ3v) is 4.04. The summed E-state index contributed by atoms with van der Waals surface area (Å²) in [4.78, 5) is 2.47. The Morgan fingerprint density at radius 1 is 1.38 bits per heavy atom. The molecule has 0 spiro atoms. The molecule has 1 heterocycles. The van der Waals surface area contributed by atoms with Gasteiger partial charge >= 0.3 is 0 Å². The number of nitrogens with zero attached hydrogens (tertiary/aromatic N) is 2. The minimum atomic E-state index is -0.501. The fourth-order valence-electron chi connectivity index (χ4n) is 2.69. The Labute approximate surface area is 126 Å². The predicted octanol–water partition coefficient (Wildman–Crippen LogP) is 3.65. The van der Waals surface area contributed by atoms with Crippen LogP contribution >= 0.6 is 0 Å². The Bertz CT molecular complexity index is 516. The number of piperidine rings is 1. The highest BCUT2D eigenvalue weighted by molar-refractivity contribution is 5.42. The lowest BCUT2D eigenvalue weighted by Crippen LogP contribution is -2.38. The third-order valence-electron chi connectivity index (χ3n) is 4.04. The fraction of sp³-hybridized carbons (Fsp3) is 0.588. The first-order valence-corrected chi connectivity index (χ1v) is 7.73. The maximum atomic E-state index is 13.7. The van der Waals surface area contributed by atoms with Gasteiger partial charge in [-0.25, -0.2) is 4.39 Å². The number of ether oxygens (including phenoxy) is 1. The maximum Gasteiger partial charge on any atom is 0.144 e. The van der Waals surface area contributed by atoms with Gasteiger partial charge in [0.25, 0.3) is 0 Å². The van der Waals surface area contributed by atoms with Gasteiger partial charge in [0, 0.05) is 19.2 Å². The van der Waals surface area contributed by atoms with Crippen molar-refractivity contribution in [3.8, 4) is 11.8 Å². The van der Waals surface area contributed by atoms with Gasteiger partial charge in [-0.3, -0.25) is 0 Å². The Hall–Kier alpha value is -1.60. The summed E-state index contributed by atoms with van der Waals surface area (Å²) in [6.45, 7) is 7.31. The minimum absolute atomic E-state index is 0.0780. The minimum Gasteiger partial charge on any atom is -0.490 e. The number of benzene rings is 1. The van der Waals surface area contributed by atoms with Crippen LogP contribution in [0.2, 0.25) is 0 Å². The van der Waals surface area contributed by atoms with Gasteiger partial charge in [0.05, 0.1) is 5.56 Å². The summed E-state index contributed by atoms with van der Waals surface area (Å²) in [5.41, 5.74) is 0.899. The van der Waals surface area contributed by atoms with Gasteiger partial charge in [0.1, 0.15) is 23.7 Å².